The van der Waals surface area contributed by atoms with Gasteiger partial charge in [0.2, 0.25) is 0 Å². The molecule has 0 saturated heterocycles. The maximum Gasteiger partial charge on any atom is 0.0890 e. The second-order valence-corrected chi connectivity index (χ2v) is 3.82. The van der Waals surface area contributed by atoms with Gasteiger partial charge in [-0.05, 0) is 24.2 Å². The first-order valence-corrected chi connectivity index (χ1v) is 4.26. The van der Waals surface area contributed by atoms with Gasteiger partial charge in [0.15, 0.2) is 0 Å². The molecular formula is C10H14O. The third-order valence-electron chi connectivity index (χ3n) is 3.24. The van der Waals surface area contributed by atoms with E-state index in [1.807, 2.05) is 0 Å². The number of allylic oxidation sites excluding steroid dienone is 3. The highest BCUT2D eigenvalue weighted by atomic mass is 16.3. The molecule has 0 aromatic carbocycles. The first kappa shape index (κ1) is 6.96. The lowest BCUT2D eigenvalue weighted by Gasteiger charge is -2.23. The van der Waals surface area contributed by atoms with Crippen LogP contribution < -0.4 is 0 Å². The van der Waals surface area contributed by atoms with Gasteiger partial charge in [0.25, 0.3) is 0 Å². The molecule has 60 valence electrons. The van der Waals surface area contributed by atoms with Crippen molar-refractivity contribution >= 4 is 0 Å². The molecule has 1 fully saturated rings. The molecule has 4 atom stereocenters. The normalized spacial score (nSPS) is 46.6. The van der Waals surface area contributed by atoms with E-state index in [0.717, 1.165) is 0 Å². The molecule has 11 heavy (non-hydrogen) atoms. The van der Waals surface area contributed by atoms with Crippen molar-refractivity contribution in [1.29, 1.82) is 0 Å². The number of hydrogen-bond donors (Lipinski definition) is 1. The van der Waals surface area contributed by atoms with E-state index in [0.29, 0.717) is 29.4 Å². The molecule has 0 radical (unpaired) electrons. The third kappa shape index (κ3) is 0.834. The Bertz CT molecular complexity index is 217. The zero-order valence-corrected chi connectivity index (χ0v) is 6.83. The molecule has 1 N–H and O–H groups in total. The van der Waals surface area contributed by atoms with E-state index in [-0.39, 0.29) is 0 Å². The number of fused-ring (bicyclic) bond motifs is 2. The van der Waals surface area contributed by atoms with Crippen molar-refractivity contribution in [1.82, 2.24) is 0 Å². The predicted molar refractivity (Wildman–Crippen MR) is 45.2 cm³/mol. The van der Waals surface area contributed by atoms with E-state index in [1.165, 1.54) is 6.42 Å². The van der Waals surface area contributed by atoms with E-state index in [1.54, 1.807) is 0 Å². The van der Waals surface area contributed by atoms with Gasteiger partial charge in [0.1, 0.15) is 0 Å². The summed E-state index contributed by atoms with van der Waals surface area (Å²) in [6.45, 7) is 5.84. The van der Waals surface area contributed by atoms with Crippen LogP contribution in [0.25, 0.3) is 0 Å². The Morgan fingerprint density at radius 3 is 2.45 bits per heavy atom. The maximum absolute atomic E-state index is 9.32. The van der Waals surface area contributed by atoms with Crippen LogP contribution in [0.2, 0.25) is 0 Å². The summed E-state index contributed by atoms with van der Waals surface area (Å²) >= 11 is 0. The molecule has 0 aliphatic heterocycles. The Kier molecular flexibility index (Phi) is 1.35. The summed E-state index contributed by atoms with van der Waals surface area (Å²) in [5, 5.41) is 9.32. The molecule has 0 amide bonds. The molecule has 0 heterocycles. The number of rotatable bonds is 1. The van der Waals surface area contributed by atoms with Gasteiger partial charge in [-0.1, -0.05) is 25.7 Å². The predicted octanol–water partition coefficient (Wildman–Crippen LogP) is 2.52. The first-order chi connectivity index (χ1) is 5.20. The molecule has 1 saturated carbocycles. The van der Waals surface area contributed by atoms with Crippen molar-refractivity contribution in [3.8, 4) is 0 Å². The largest absolute Gasteiger partial charge is 0.513 e. The molecule has 0 aromatic rings. The van der Waals surface area contributed by atoms with Crippen LogP contribution in [0.5, 0.6) is 0 Å². The minimum atomic E-state index is 0.338. The Balaban J connectivity index is 2.25. The highest BCUT2D eigenvalue weighted by Crippen LogP contribution is 2.49. The summed E-state index contributed by atoms with van der Waals surface area (Å²) in [6, 6.07) is 0. The Morgan fingerprint density at radius 1 is 1.45 bits per heavy atom. The van der Waals surface area contributed by atoms with Crippen molar-refractivity contribution < 1.29 is 5.11 Å². The minimum absolute atomic E-state index is 0.338. The van der Waals surface area contributed by atoms with Gasteiger partial charge in [-0.15, -0.1) is 0 Å². The van der Waals surface area contributed by atoms with Crippen LogP contribution in [0, 0.1) is 23.7 Å². The summed E-state index contributed by atoms with van der Waals surface area (Å²) in [5.74, 6) is 2.60. The SMILES string of the molecule is C=C(O)[C@H]1[C@H](C)[C@H]2C=C[C@@H]1C2. The van der Waals surface area contributed by atoms with Crippen LogP contribution >= 0.6 is 0 Å². The van der Waals surface area contributed by atoms with Gasteiger partial charge < -0.3 is 5.11 Å². The highest BCUT2D eigenvalue weighted by Gasteiger charge is 2.43. The fourth-order valence-electron chi connectivity index (χ4n) is 2.62. The van der Waals surface area contributed by atoms with Gasteiger partial charge in [-0.3, -0.25) is 0 Å². The minimum Gasteiger partial charge on any atom is -0.513 e. The topological polar surface area (TPSA) is 20.2 Å². The van der Waals surface area contributed by atoms with Gasteiger partial charge >= 0.3 is 0 Å². The van der Waals surface area contributed by atoms with Crippen LogP contribution in [-0.2, 0) is 0 Å². The molecule has 2 bridgehead atoms. The average Bonchev–Trinajstić information content (AvgIpc) is 2.44. The molecule has 1 heteroatoms. The monoisotopic (exact) mass is 150 g/mol. The molecule has 1 nitrogen and oxygen atoms in total. The van der Waals surface area contributed by atoms with E-state index in [4.69, 9.17) is 0 Å². The quantitative estimate of drug-likeness (QED) is 0.450. The number of aliphatic hydroxyl groups excluding tert-OH is 1. The van der Waals surface area contributed by atoms with Gasteiger partial charge in [-0.25, -0.2) is 0 Å². The van der Waals surface area contributed by atoms with Gasteiger partial charge in [-0.2, -0.15) is 0 Å². The Morgan fingerprint density at radius 2 is 2.09 bits per heavy atom. The van der Waals surface area contributed by atoms with Crippen LogP contribution in [-0.4, -0.2) is 5.11 Å². The van der Waals surface area contributed by atoms with Crippen molar-refractivity contribution in [2.75, 3.05) is 0 Å². The van der Waals surface area contributed by atoms with Crippen LogP contribution in [0.1, 0.15) is 13.3 Å². The molecular weight excluding hydrogens is 136 g/mol. The van der Waals surface area contributed by atoms with E-state index in [2.05, 4.69) is 25.7 Å². The second kappa shape index (κ2) is 2.13. The number of hydrogen-bond acceptors (Lipinski definition) is 1. The lowest BCUT2D eigenvalue weighted by atomic mass is 9.83. The molecule has 0 unspecified atom stereocenters. The molecule has 0 spiro atoms. The second-order valence-electron chi connectivity index (χ2n) is 3.82. The smallest absolute Gasteiger partial charge is 0.0890 e. The van der Waals surface area contributed by atoms with Crippen molar-refractivity contribution in [3.63, 3.8) is 0 Å². The summed E-state index contributed by atoms with van der Waals surface area (Å²) in [6.07, 6.45) is 5.75. The third-order valence-corrected chi connectivity index (χ3v) is 3.24. The van der Waals surface area contributed by atoms with Crippen molar-refractivity contribution in [3.05, 3.63) is 24.5 Å². The number of aliphatic hydroxyl groups is 1. The fraction of sp³-hybridized carbons (Fsp3) is 0.600. The molecule has 2 aliphatic rings. The van der Waals surface area contributed by atoms with Crippen molar-refractivity contribution in [2.45, 2.75) is 13.3 Å². The van der Waals surface area contributed by atoms with E-state index >= 15 is 0 Å². The van der Waals surface area contributed by atoms with Crippen molar-refractivity contribution in [2.24, 2.45) is 23.7 Å². The fourth-order valence-corrected chi connectivity index (χ4v) is 2.62. The lowest BCUT2D eigenvalue weighted by molar-refractivity contribution is 0.260. The van der Waals surface area contributed by atoms with Gasteiger partial charge in [0.05, 0.1) is 5.76 Å². The highest BCUT2D eigenvalue weighted by molar-refractivity contribution is 5.17. The van der Waals surface area contributed by atoms with Gasteiger partial charge in [0, 0.05) is 5.92 Å². The first-order valence-electron chi connectivity index (χ1n) is 4.26. The Hall–Kier alpha value is -0.720. The molecule has 2 aliphatic carbocycles. The average molecular weight is 150 g/mol. The van der Waals surface area contributed by atoms with E-state index in [9.17, 15) is 5.11 Å². The summed E-state index contributed by atoms with van der Waals surface area (Å²) in [4.78, 5) is 0. The summed E-state index contributed by atoms with van der Waals surface area (Å²) in [5.41, 5.74) is 0. The maximum atomic E-state index is 9.32. The summed E-state index contributed by atoms with van der Waals surface area (Å²) in [7, 11) is 0. The Labute approximate surface area is 67.4 Å². The standard InChI is InChI=1S/C10H14O/c1-6-8-3-4-9(5-8)10(6)7(2)11/h3-4,6,8-11H,2,5H2,1H3/t6-,8+,9-,10-/m1/s1. The zero-order chi connectivity index (χ0) is 8.01. The zero-order valence-electron chi connectivity index (χ0n) is 6.83. The lowest BCUT2D eigenvalue weighted by Crippen LogP contribution is -2.18. The molecule has 0 aromatic heterocycles. The van der Waals surface area contributed by atoms with E-state index < -0.39 is 0 Å². The summed E-state index contributed by atoms with van der Waals surface area (Å²) < 4.78 is 0. The van der Waals surface area contributed by atoms with Crippen LogP contribution in [0.4, 0.5) is 0 Å². The van der Waals surface area contributed by atoms with Crippen LogP contribution in [0.3, 0.4) is 0 Å². The van der Waals surface area contributed by atoms with Crippen LogP contribution in [0.15, 0.2) is 24.5 Å². The molecule has 2 rings (SSSR count).